The third-order valence-corrected chi connectivity index (χ3v) is 9.21. The summed E-state index contributed by atoms with van der Waals surface area (Å²) in [6.45, 7) is 3.22. The molecule has 41 heavy (non-hydrogen) atoms. The molecule has 1 fully saturated rings. The molecule has 1 aromatic heterocycles. The highest BCUT2D eigenvalue weighted by atomic mass is 32.2. The molecule has 5 rings (SSSR count). The number of carbonyl (C=O) groups is 1. The summed E-state index contributed by atoms with van der Waals surface area (Å²) >= 11 is 0. The zero-order chi connectivity index (χ0) is 29.1. The maximum absolute atomic E-state index is 14.0. The Kier molecular flexibility index (Phi) is 7.89. The Morgan fingerprint density at radius 3 is 2.02 bits per heavy atom. The number of carbonyl (C=O) groups excluding carboxylic acids is 1. The summed E-state index contributed by atoms with van der Waals surface area (Å²) in [7, 11) is -0.927. The van der Waals surface area contributed by atoms with Crippen LogP contribution in [-0.4, -0.2) is 68.4 Å². The molecule has 11 heteroatoms. The minimum atomic E-state index is -4.24. The normalized spacial score (nSPS) is 13.7. The van der Waals surface area contributed by atoms with Crippen molar-refractivity contribution in [3.05, 3.63) is 101 Å². The van der Waals surface area contributed by atoms with Crippen LogP contribution >= 0.6 is 0 Å². The van der Waals surface area contributed by atoms with E-state index in [9.17, 15) is 18.0 Å². The number of sulfonamides is 1. The van der Waals surface area contributed by atoms with Crippen molar-refractivity contribution in [1.82, 2.24) is 14.3 Å². The number of nitrogens with zero attached hydrogens (tertiary/aromatic N) is 5. The lowest BCUT2D eigenvalue weighted by atomic mass is 10.2. The van der Waals surface area contributed by atoms with Gasteiger partial charge in [-0.2, -0.15) is 0 Å². The lowest BCUT2D eigenvalue weighted by Gasteiger charge is -2.37. The van der Waals surface area contributed by atoms with Gasteiger partial charge in [-0.15, -0.1) is 0 Å². The van der Waals surface area contributed by atoms with Gasteiger partial charge in [-0.3, -0.25) is 14.3 Å². The van der Waals surface area contributed by atoms with Crippen LogP contribution in [0.5, 0.6) is 5.75 Å². The van der Waals surface area contributed by atoms with Gasteiger partial charge in [-0.1, -0.05) is 36.4 Å². The number of piperazine rings is 1. The highest BCUT2D eigenvalue weighted by Crippen LogP contribution is 2.26. The van der Waals surface area contributed by atoms with Crippen LogP contribution in [0.25, 0.3) is 5.69 Å². The molecule has 0 N–H and O–H groups in total. The first kappa shape index (κ1) is 28.0. The first-order valence-corrected chi connectivity index (χ1v) is 14.7. The molecular weight excluding hydrogens is 542 g/mol. The summed E-state index contributed by atoms with van der Waals surface area (Å²) in [4.78, 5) is 31.3. The van der Waals surface area contributed by atoms with E-state index in [2.05, 4.69) is 4.90 Å². The van der Waals surface area contributed by atoms with Crippen molar-refractivity contribution in [3.63, 3.8) is 0 Å². The van der Waals surface area contributed by atoms with Gasteiger partial charge in [-0.25, -0.2) is 17.4 Å². The number of anilines is 2. The number of ether oxygens (including phenoxy) is 1. The molecule has 2 heterocycles. The van der Waals surface area contributed by atoms with E-state index in [1.807, 2.05) is 30.3 Å². The molecule has 10 nitrogen and oxygen atoms in total. The van der Waals surface area contributed by atoms with Crippen molar-refractivity contribution in [1.29, 1.82) is 0 Å². The van der Waals surface area contributed by atoms with Gasteiger partial charge in [0.1, 0.15) is 18.0 Å². The summed E-state index contributed by atoms with van der Waals surface area (Å²) in [6, 6.07) is 24.6. The Morgan fingerprint density at radius 1 is 0.854 bits per heavy atom. The summed E-state index contributed by atoms with van der Waals surface area (Å²) in [6.07, 6.45) is 0. The Hall–Kier alpha value is -4.51. The molecule has 0 spiro atoms. The lowest BCUT2D eigenvalue weighted by Crippen LogP contribution is -2.52. The molecule has 4 aromatic rings. The summed E-state index contributed by atoms with van der Waals surface area (Å²) in [5.74, 6) is 0.401. The topological polar surface area (TPSA) is 97.1 Å². The number of hydrogen-bond donors (Lipinski definition) is 0. The zero-order valence-electron chi connectivity index (χ0n) is 23.3. The largest absolute Gasteiger partial charge is 0.497 e. The quantitative estimate of drug-likeness (QED) is 0.321. The standard InChI is InChI=1S/C30H33N5O5S/c1-23-29(30(37)35(31(23)2)25-10-6-4-7-11-25)34(41(38,39)27-12-8-5-9-13-27)22-28(36)33-20-18-32(19-21-33)24-14-16-26(40-3)17-15-24/h4-17H,18-22H2,1-3H3. The fourth-order valence-corrected chi connectivity index (χ4v) is 6.56. The summed E-state index contributed by atoms with van der Waals surface area (Å²) in [5.41, 5.74) is 1.47. The van der Waals surface area contributed by atoms with Crippen LogP contribution in [0.2, 0.25) is 0 Å². The van der Waals surface area contributed by atoms with Crippen LogP contribution in [0.3, 0.4) is 0 Å². The van der Waals surface area contributed by atoms with Gasteiger partial charge in [0.15, 0.2) is 0 Å². The predicted molar refractivity (Wildman–Crippen MR) is 159 cm³/mol. The molecule has 1 aliphatic heterocycles. The number of rotatable bonds is 8. The van der Waals surface area contributed by atoms with Gasteiger partial charge >= 0.3 is 0 Å². The van der Waals surface area contributed by atoms with E-state index in [-0.39, 0.29) is 16.5 Å². The Bertz CT molecular complexity index is 1680. The van der Waals surface area contributed by atoms with Crippen molar-refractivity contribution in [3.8, 4) is 11.4 Å². The van der Waals surface area contributed by atoms with E-state index in [0.29, 0.717) is 37.6 Å². The van der Waals surface area contributed by atoms with E-state index in [0.717, 1.165) is 15.7 Å². The predicted octanol–water partition coefficient (Wildman–Crippen LogP) is 3.04. The van der Waals surface area contributed by atoms with Gasteiger partial charge in [0.25, 0.3) is 15.6 Å². The van der Waals surface area contributed by atoms with E-state index < -0.39 is 22.1 Å². The minimum Gasteiger partial charge on any atom is -0.497 e. The molecule has 1 saturated heterocycles. The number of aromatic nitrogens is 2. The summed E-state index contributed by atoms with van der Waals surface area (Å²) < 4.78 is 37.2. The molecule has 214 valence electrons. The molecule has 1 amide bonds. The van der Waals surface area contributed by atoms with Gasteiger partial charge < -0.3 is 14.5 Å². The van der Waals surface area contributed by atoms with E-state index in [1.54, 1.807) is 73.1 Å². The van der Waals surface area contributed by atoms with E-state index in [4.69, 9.17) is 4.74 Å². The number of hydrogen-bond acceptors (Lipinski definition) is 6. The highest BCUT2D eigenvalue weighted by Gasteiger charge is 2.35. The van der Waals surface area contributed by atoms with Crippen LogP contribution in [-0.2, 0) is 21.9 Å². The maximum Gasteiger partial charge on any atom is 0.296 e. The number of benzene rings is 3. The van der Waals surface area contributed by atoms with Crippen molar-refractivity contribution < 1.29 is 17.9 Å². The Labute approximate surface area is 239 Å². The summed E-state index contributed by atoms with van der Waals surface area (Å²) in [5, 5.41) is 0. The molecule has 0 saturated carbocycles. The van der Waals surface area contributed by atoms with Crippen molar-refractivity contribution in [2.24, 2.45) is 7.05 Å². The van der Waals surface area contributed by atoms with E-state index in [1.165, 1.54) is 16.8 Å². The highest BCUT2D eigenvalue weighted by molar-refractivity contribution is 7.92. The van der Waals surface area contributed by atoms with Gasteiger partial charge in [0.2, 0.25) is 5.91 Å². The van der Waals surface area contributed by atoms with Crippen molar-refractivity contribution in [2.75, 3.05) is 49.0 Å². The van der Waals surface area contributed by atoms with Crippen LogP contribution in [0, 0.1) is 6.92 Å². The second kappa shape index (κ2) is 11.5. The molecule has 0 radical (unpaired) electrons. The molecule has 0 atom stereocenters. The molecule has 3 aromatic carbocycles. The fourth-order valence-electron chi connectivity index (χ4n) is 5.08. The average Bonchev–Trinajstić information content (AvgIpc) is 3.23. The van der Waals surface area contributed by atoms with Crippen LogP contribution in [0.15, 0.2) is 94.6 Å². The number of methoxy groups -OCH3 is 1. The monoisotopic (exact) mass is 575 g/mol. The minimum absolute atomic E-state index is 0.00559. The maximum atomic E-state index is 14.0. The SMILES string of the molecule is COc1ccc(N2CCN(C(=O)CN(c3c(C)n(C)n(-c4ccccc4)c3=O)S(=O)(=O)c3ccccc3)CC2)cc1. The van der Waals surface area contributed by atoms with Gasteiger partial charge in [0, 0.05) is 38.9 Å². The molecular formula is C30H33N5O5S. The fraction of sp³-hybridized carbons (Fsp3) is 0.267. The van der Waals surface area contributed by atoms with Crippen LogP contribution < -0.4 is 19.5 Å². The molecule has 0 unspecified atom stereocenters. The molecule has 1 aliphatic rings. The Morgan fingerprint density at radius 2 is 1.44 bits per heavy atom. The lowest BCUT2D eigenvalue weighted by molar-refractivity contribution is -0.129. The number of para-hydroxylation sites is 1. The first-order valence-electron chi connectivity index (χ1n) is 13.3. The zero-order valence-corrected chi connectivity index (χ0v) is 24.1. The third kappa shape index (κ3) is 5.45. The van der Waals surface area contributed by atoms with Crippen molar-refractivity contribution in [2.45, 2.75) is 11.8 Å². The van der Waals surface area contributed by atoms with Crippen LogP contribution in [0.1, 0.15) is 5.69 Å². The molecule has 0 aliphatic carbocycles. The smallest absolute Gasteiger partial charge is 0.296 e. The van der Waals surface area contributed by atoms with Crippen molar-refractivity contribution >= 4 is 27.3 Å². The Balaban J connectivity index is 1.45. The average molecular weight is 576 g/mol. The second-order valence-corrected chi connectivity index (χ2v) is 11.7. The van der Waals surface area contributed by atoms with Gasteiger partial charge in [0.05, 0.1) is 23.4 Å². The first-order chi connectivity index (χ1) is 19.7. The second-order valence-electron chi connectivity index (χ2n) is 9.80. The number of amides is 1. The van der Waals surface area contributed by atoms with Gasteiger partial charge in [-0.05, 0) is 55.5 Å². The van der Waals surface area contributed by atoms with E-state index >= 15 is 0 Å². The molecule has 0 bridgehead atoms. The van der Waals surface area contributed by atoms with Crippen LogP contribution in [0.4, 0.5) is 11.4 Å². The third-order valence-electron chi connectivity index (χ3n) is 7.45.